The Kier molecular flexibility index (Phi) is 4.78. The first-order chi connectivity index (χ1) is 10.5. The predicted octanol–water partition coefficient (Wildman–Crippen LogP) is 2.86. The Morgan fingerprint density at radius 2 is 1.82 bits per heavy atom. The van der Waals surface area contributed by atoms with Gasteiger partial charge in [-0.25, -0.2) is 5.43 Å². The molecule has 0 fully saturated rings. The molecule has 1 amide bonds. The number of para-hydroxylation sites is 1. The molecule has 2 aromatic rings. The summed E-state index contributed by atoms with van der Waals surface area (Å²) < 4.78 is 5.05. The lowest BCUT2D eigenvalue weighted by Crippen LogP contribution is -2.20. The highest BCUT2D eigenvalue weighted by molar-refractivity contribution is 6.03. The van der Waals surface area contributed by atoms with E-state index >= 15 is 0 Å². The van der Waals surface area contributed by atoms with Crippen molar-refractivity contribution in [3.8, 4) is 11.5 Å². The van der Waals surface area contributed by atoms with Gasteiger partial charge in [-0.15, -0.1) is 0 Å². The zero-order valence-electron chi connectivity index (χ0n) is 12.8. The lowest BCUT2D eigenvalue weighted by molar-refractivity contribution is 0.0954. The van der Waals surface area contributed by atoms with Gasteiger partial charge in [0.1, 0.15) is 0 Å². The van der Waals surface area contributed by atoms with Gasteiger partial charge in [-0.3, -0.25) is 4.79 Å². The van der Waals surface area contributed by atoms with Crippen LogP contribution in [0, 0.1) is 6.92 Å². The Hall–Kier alpha value is -2.82. The van der Waals surface area contributed by atoms with Gasteiger partial charge in [-0.05, 0) is 37.6 Å². The summed E-state index contributed by atoms with van der Waals surface area (Å²) in [5.74, 6) is 0.0634. The standard InChI is InChI=1S/C17H18N2O3/c1-11-7-4-5-8-13(11)17(21)19-18-12(2)14-9-6-10-15(22-3)16(14)20/h4-10,20H,1-3H3,(H,19,21). The summed E-state index contributed by atoms with van der Waals surface area (Å²) >= 11 is 0. The summed E-state index contributed by atoms with van der Waals surface area (Å²) in [6.45, 7) is 3.56. The number of aryl methyl sites for hydroxylation is 1. The SMILES string of the molecule is COc1cccc(C(C)=NNC(=O)c2ccccc2C)c1O. The Bertz CT molecular complexity index is 724. The normalized spacial score (nSPS) is 11.1. The van der Waals surface area contributed by atoms with Crippen molar-refractivity contribution >= 4 is 11.6 Å². The zero-order valence-corrected chi connectivity index (χ0v) is 12.8. The van der Waals surface area contributed by atoms with E-state index in [4.69, 9.17) is 4.74 Å². The summed E-state index contributed by atoms with van der Waals surface area (Å²) in [7, 11) is 1.48. The highest BCUT2D eigenvalue weighted by Gasteiger charge is 2.11. The van der Waals surface area contributed by atoms with E-state index in [0.717, 1.165) is 5.56 Å². The molecule has 0 spiro atoms. The molecule has 0 aromatic heterocycles. The van der Waals surface area contributed by atoms with Gasteiger partial charge >= 0.3 is 0 Å². The van der Waals surface area contributed by atoms with Crippen molar-refractivity contribution in [2.75, 3.05) is 7.11 Å². The highest BCUT2D eigenvalue weighted by Crippen LogP contribution is 2.29. The van der Waals surface area contributed by atoms with Crippen molar-refractivity contribution in [3.05, 3.63) is 59.2 Å². The molecule has 5 heteroatoms. The molecule has 5 nitrogen and oxygen atoms in total. The maximum absolute atomic E-state index is 12.1. The van der Waals surface area contributed by atoms with Crippen molar-refractivity contribution in [1.82, 2.24) is 5.43 Å². The van der Waals surface area contributed by atoms with Crippen LogP contribution in [0.15, 0.2) is 47.6 Å². The summed E-state index contributed by atoms with van der Waals surface area (Å²) in [4.78, 5) is 12.1. The molecular weight excluding hydrogens is 280 g/mol. The Morgan fingerprint density at radius 3 is 2.50 bits per heavy atom. The number of hydrogen-bond donors (Lipinski definition) is 2. The van der Waals surface area contributed by atoms with Crippen LogP contribution < -0.4 is 10.2 Å². The van der Waals surface area contributed by atoms with Crippen LogP contribution in [0.1, 0.15) is 28.4 Å². The third-order valence-corrected chi connectivity index (χ3v) is 3.32. The lowest BCUT2D eigenvalue weighted by Gasteiger charge is -2.09. The number of phenolic OH excluding ortho intramolecular Hbond substituents is 1. The summed E-state index contributed by atoms with van der Waals surface area (Å²) in [6.07, 6.45) is 0. The number of carbonyl (C=O) groups excluding carboxylic acids is 1. The molecule has 2 N–H and O–H groups in total. The molecule has 0 bridgehead atoms. The van der Waals surface area contributed by atoms with Gasteiger partial charge in [0.2, 0.25) is 0 Å². The van der Waals surface area contributed by atoms with Crippen LogP contribution in [0.4, 0.5) is 0 Å². The molecule has 0 saturated heterocycles. The van der Waals surface area contributed by atoms with E-state index in [-0.39, 0.29) is 11.7 Å². The smallest absolute Gasteiger partial charge is 0.271 e. The molecule has 0 aliphatic carbocycles. The van der Waals surface area contributed by atoms with Crippen molar-refractivity contribution in [2.24, 2.45) is 5.10 Å². The van der Waals surface area contributed by atoms with E-state index in [1.807, 2.05) is 19.1 Å². The maximum atomic E-state index is 12.1. The first-order valence-corrected chi connectivity index (χ1v) is 6.81. The van der Waals surface area contributed by atoms with Crippen molar-refractivity contribution in [3.63, 3.8) is 0 Å². The van der Waals surface area contributed by atoms with Gasteiger partial charge in [-0.2, -0.15) is 5.10 Å². The number of phenols is 1. The van der Waals surface area contributed by atoms with Crippen LogP contribution in [0.3, 0.4) is 0 Å². The number of nitrogens with one attached hydrogen (secondary N) is 1. The number of hydrogen-bond acceptors (Lipinski definition) is 4. The van der Waals surface area contributed by atoms with E-state index in [1.54, 1.807) is 37.3 Å². The number of carbonyl (C=O) groups is 1. The molecule has 2 rings (SSSR count). The van der Waals surface area contributed by atoms with Crippen molar-refractivity contribution in [1.29, 1.82) is 0 Å². The molecule has 0 aliphatic heterocycles. The molecule has 0 aliphatic rings. The van der Waals surface area contributed by atoms with Crippen LogP contribution in [0.2, 0.25) is 0 Å². The average Bonchev–Trinajstić information content (AvgIpc) is 2.53. The number of rotatable bonds is 4. The van der Waals surface area contributed by atoms with Crippen molar-refractivity contribution in [2.45, 2.75) is 13.8 Å². The number of hydrazone groups is 1. The fourth-order valence-corrected chi connectivity index (χ4v) is 2.06. The minimum absolute atomic E-state index is 0.00334. The van der Waals surface area contributed by atoms with Gasteiger partial charge < -0.3 is 9.84 Å². The second-order valence-corrected chi connectivity index (χ2v) is 4.81. The number of ether oxygens (including phenoxy) is 1. The summed E-state index contributed by atoms with van der Waals surface area (Å²) in [5, 5.41) is 14.1. The van der Waals surface area contributed by atoms with Gasteiger partial charge in [-0.1, -0.05) is 24.3 Å². The predicted molar refractivity (Wildman–Crippen MR) is 85.5 cm³/mol. The van der Waals surface area contributed by atoms with Crippen LogP contribution in [0.5, 0.6) is 11.5 Å². The number of aromatic hydroxyl groups is 1. The summed E-state index contributed by atoms with van der Waals surface area (Å²) in [5.41, 5.74) is 4.92. The molecule has 2 aromatic carbocycles. The fourth-order valence-electron chi connectivity index (χ4n) is 2.06. The maximum Gasteiger partial charge on any atom is 0.271 e. The Labute approximate surface area is 129 Å². The Morgan fingerprint density at radius 1 is 1.14 bits per heavy atom. The van der Waals surface area contributed by atoms with E-state index in [9.17, 15) is 9.90 Å². The number of benzene rings is 2. The van der Waals surface area contributed by atoms with Crippen LogP contribution in [0.25, 0.3) is 0 Å². The molecule has 22 heavy (non-hydrogen) atoms. The highest BCUT2D eigenvalue weighted by atomic mass is 16.5. The monoisotopic (exact) mass is 298 g/mol. The minimum atomic E-state index is -0.292. The number of nitrogens with zero attached hydrogens (tertiary/aromatic N) is 1. The van der Waals surface area contributed by atoms with E-state index in [2.05, 4.69) is 10.5 Å². The molecule has 0 saturated carbocycles. The molecule has 114 valence electrons. The van der Waals surface area contributed by atoms with Crippen LogP contribution >= 0.6 is 0 Å². The summed E-state index contributed by atoms with van der Waals surface area (Å²) in [6, 6.07) is 12.4. The molecular formula is C17H18N2O3. The third kappa shape index (κ3) is 3.25. The van der Waals surface area contributed by atoms with Crippen LogP contribution in [-0.4, -0.2) is 23.8 Å². The van der Waals surface area contributed by atoms with Crippen LogP contribution in [-0.2, 0) is 0 Å². The largest absolute Gasteiger partial charge is 0.504 e. The minimum Gasteiger partial charge on any atom is -0.504 e. The topological polar surface area (TPSA) is 70.9 Å². The fraction of sp³-hybridized carbons (Fsp3) is 0.176. The number of methoxy groups -OCH3 is 1. The second-order valence-electron chi connectivity index (χ2n) is 4.81. The molecule has 0 unspecified atom stereocenters. The molecule has 0 radical (unpaired) electrons. The Balaban J connectivity index is 2.20. The first-order valence-electron chi connectivity index (χ1n) is 6.81. The second kappa shape index (κ2) is 6.76. The number of amides is 1. The molecule has 0 heterocycles. The van der Waals surface area contributed by atoms with Crippen molar-refractivity contribution < 1.29 is 14.6 Å². The quantitative estimate of drug-likeness (QED) is 0.673. The first kappa shape index (κ1) is 15.6. The van der Waals surface area contributed by atoms with E-state index in [1.165, 1.54) is 7.11 Å². The van der Waals surface area contributed by atoms with Gasteiger partial charge in [0.05, 0.1) is 12.8 Å². The molecule has 0 atom stereocenters. The van der Waals surface area contributed by atoms with E-state index in [0.29, 0.717) is 22.6 Å². The van der Waals surface area contributed by atoms with Gasteiger partial charge in [0, 0.05) is 11.1 Å². The lowest BCUT2D eigenvalue weighted by atomic mass is 10.1. The zero-order chi connectivity index (χ0) is 16.1. The van der Waals surface area contributed by atoms with Gasteiger partial charge in [0.25, 0.3) is 5.91 Å². The average molecular weight is 298 g/mol. The third-order valence-electron chi connectivity index (χ3n) is 3.32. The van der Waals surface area contributed by atoms with E-state index < -0.39 is 0 Å². The van der Waals surface area contributed by atoms with Gasteiger partial charge in [0.15, 0.2) is 11.5 Å².